The molecule has 1 aliphatic heterocycles. The minimum atomic E-state index is -0.0539. The molecule has 2 heterocycles. The van der Waals surface area contributed by atoms with Gasteiger partial charge in [-0.15, -0.1) is 0 Å². The van der Waals surface area contributed by atoms with Gasteiger partial charge in [0.1, 0.15) is 5.82 Å². The Bertz CT molecular complexity index is 915. The van der Waals surface area contributed by atoms with Gasteiger partial charge in [0.25, 0.3) is 5.91 Å². The Morgan fingerprint density at radius 1 is 1.16 bits per heavy atom. The summed E-state index contributed by atoms with van der Waals surface area (Å²) in [5.74, 6) is 1.09. The van der Waals surface area contributed by atoms with Crippen molar-refractivity contribution in [3.05, 3.63) is 64.4 Å². The molecular formula is C20H20ClN3O. The highest BCUT2D eigenvalue weighted by Gasteiger charge is 2.15. The van der Waals surface area contributed by atoms with Crippen LogP contribution in [0.25, 0.3) is 11.0 Å². The Balaban J connectivity index is 1.44. The molecule has 25 heavy (non-hydrogen) atoms. The van der Waals surface area contributed by atoms with E-state index in [0.29, 0.717) is 12.1 Å². The van der Waals surface area contributed by atoms with Gasteiger partial charge in [-0.3, -0.25) is 4.79 Å². The third-order valence-electron chi connectivity index (χ3n) is 4.73. The molecule has 0 atom stereocenters. The molecule has 128 valence electrons. The Kier molecular flexibility index (Phi) is 4.45. The lowest BCUT2D eigenvalue weighted by atomic mass is 10.1. The van der Waals surface area contributed by atoms with E-state index in [-0.39, 0.29) is 5.91 Å². The zero-order chi connectivity index (χ0) is 17.2. The average molecular weight is 354 g/mol. The quantitative estimate of drug-likeness (QED) is 0.770. The molecule has 1 aliphatic rings. The van der Waals surface area contributed by atoms with E-state index in [1.807, 2.05) is 42.5 Å². The van der Waals surface area contributed by atoms with E-state index >= 15 is 0 Å². The van der Waals surface area contributed by atoms with Crippen LogP contribution in [0.3, 0.4) is 0 Å². The summed E-state index contributed by atoms with van der Waals surface area (Å²) in [6, 6.07) is 13.5. The highest BCUT2D eigenvalue weighted by atomic mass is 35.5. The Morgan fingerprint density at radius 3 is 2.84 bits per heavy atom. The lowest BCUT2D eigenvalue weighted by Gasteiger charge is -2.13. The number of benzene rings is 2. The molecular weight excluding hydrogens is 334 g/mol. The highest BCUT2D eigenvalue weighted by Crippen LogP contribution is 2.23. The second-order valence-electron chi connectivity index (χ2n) is 6.47. The van der Waals surface area contributed by atoms with Crippen molar-refractivity contribution in [3.8, 4) is 0 Å². The van der Waals surface area contributed by atoms with Crippen molar-refractivity contribution < 1.29 is 4.79 Å². The second-order valence-corrected chi connectivity index (χ2v) is 6.91. The molecule has 0 bridgehead atoms. The van der Waals surface area contributed by atoms with Crippen LogP contribution >= 0.6 is 11.6 Å². The number of halogens is 1. The van der Waals surface area contributed by atoms with Crippen LogP contribution in [0.1, 0.15) is 34.6 Å². The van der Waals surface area contributed by atoms with Crippen molar-refractivity contribution >= 4 is 28.5 Å². The van der Waals surface area contributed by atoms with Crippen molar-refractivity contribution in [2.75, 3.05) is 6.54 Å². The normalized spacial score (nSPS) is 13.6. The number of nitrogens with one attached hydrogen (secondary N) is 1. The molecule has 4 rings (SSSR count). The molecule has 4 nitrogen and oxygen atoms in total. The van der Waals surface area contributed by atoms with Crippen LogP contribution in [0.15, 0.2) is 42.5 Å². The van der Waals surface area contributed by atoms with Crippen LogP contribution in [0, 0.1) is 0 Å². The summed E-state index contributed by atoms with van der Waals surface area (Å²) in [6.07, 6.45) is 4.20. The molecule has 5 heteroatoms. The van der Waals surface area contributed by atoms with Crippen LogP contribution < -0.4 is 5.32 Å². The van der Waals surface area contributed by atoms with Gasteiger partial charge in [0.15, 0.2) is 0 Å². The number of aromatic nitrogens is 2. The van der Waals surface area contributed by atoms with Crippen molar-refractivity contribution in [1.29, 1.82) is 0 Å². The topological polar surface area (TPSA) is 46.9 Å². The van der Waals surface area contributed by atoms with Crippen LogP contribution in [0.2, 0.25) is 5.02 Å². The number of imidazole rings is 1. The first-order valence-corrected chi connectivity index (χ1v) is 9.10. The van der Waals surface area contributed by atoms with E-state index in [4.69, 9.17) is 16.6 Å². The van der Waals surface area contributed by atoms with E-state index in [1.165, 1.54) is 12.8 Å². The minimum Gasteiger partial charge on any atom is -0.352 e. The predicted octanol–water partition coefficient (Wildman–Crippen LogP) is 4.00. The summed E-state index contributed by atoms with van der Waals surface area (Å²) in [5, 5.41) is 3.71. The van der Waals surface area contributed by atoms with Crippen molar-refractivity contribution in [1.82, 2.24) is 14.9 Å². The van der Waals surface area contributed by atoms with Crippen molar-refractivity contribution in [3.63, 3.8) is 0 Å². The van der Waals surface area contributed by atoms with Gasteiger partial charge in [-0.2, -0.15) is 0 Å². The fraction of sp³-hybridized carbons (Fsp3) is 0.300. The van der Waals surface area contributed by atoms with Crippen LogP contribution in [0.4, 0.5) is 0 Å². The van der Waals surface area contributed by atoms with Gasteiger partial charge in [-0.05, 0) is 55.2 Å². The number of amides is 1. The Labute approximate surface area is 151 Å². The zero-order valence-corrected chi connectivity index (χ0v) is 14.7. The van der Waals surface area contributed by atoms with E-state index < -0.39 is 0 Å². The Morgan fingerprint density at radius 2 is 2.00 bits per heavy atom. The maximum Gasteiger partial charge on any atom is 0.251 e. The van der Waals surface area contributed by atoms with E-state index in [0.717, 1.165) is 46.8 Å². The number of hydrogen-bond acceptors (Lipinski definition) is 2. The predicted molar refractivity (Wildman–Crippen MR) is 100 cm³/mol. The first kappa shape index (κ1) is 16.2. The number of nitrogens with zero attached hydrogens (tertiary/aromatic N) is 2. The molecule has 0 radical (unpaired) electrons. The fourth-order valence-corrected chi connectivity index (χ4v) is 3.51. The molecule has 2 aromatic carbocycles. The summed E-state index contributed by atoms with van der Waals surface area (Å²) in [5.41, 5.74) is 3.87. The molecule has 0 unspecified atom stereocenters. The van der Waals surface area contributed by atoms with Crippen LogP contribution in [-0.2, 0) is 19.4 Å². The lowest BCUT2D eigenvalue weighted by Crippen LogP contribution is -2.25. The molecule has 1 N–H and O–H groups in total. The molecule has 1 amide bonds. The van der Waals surface area contributed by atoms with Gasteiger partial charge >= 0.3 is 0 Å². The summed E-state index contributed by atoms with van der Waals surface area (Å²) in [4.78, 5) is 17.1. The molecule has 0 saturated carbocycles. The molecule has 0 fully saturated rings. The number of carbonyl (C=O) groups is 1. The van der Waals surface area contributed by atoms with Crippen molar-refractivity contribution in [2.24, 2.45) is 0 Å². The third-order valence-corrected chi connectivity index (χ3v) is 4.99. The molecule has 1 aromatic heterocycles. The maximum absolute atomic E-state index is 12.4. The summed E-state index contributed by atoms with van der Waals surface area (Å²) in [7, 11) is 0. The van der Waals surface area contributed by atoms with Crippen molar-refractivity contribution in [2.45, 2.75) is 32.2 Å². The van der Waals surface area contributed by atoms with Gasteiger partial charge in [0, 0.05) is 30.1 Å². The summed E-state index contributed by atoms with van der Waals surface area (Å²) < 4.78 is 2.28. The standard InChI is InChI=1S/C20H20ClN3O/c21-16-7-4-14(5-8-16)10-11-22-20(25)15-6-9-18-17(13-15)23-19-3-1-2-12-24(18)19/h4-9,13H,1-3,10-12H2,(H,22,25). The maximum atomic E-state index is 12.4. The first-order chi connectivity index (χ1) is 12.2. The molecule has 0 spiro atoms. The van der Waals surface area contributed by atoms with Crippen LogP contribution in [-0.4, -0.2) is 22.0 Å². The van der Waals surface area contributed by atoms with E-state index in [2.05, 4.69) is 9.88 Å². The molecule has 0 aliphatic carbocycles. The van der Waals surface area contributed by atoms with Crippen LogP contribution in [0.5, 0.6) is 0 Å². The average Bonchev–Trinajstić information content (AvgIpc) is 3.01. The SMILES string of the molecule is O=C(NCCc1ccc(Cl)cc1)c1ccc2c(c1)nc1n2CCCC1. The third kappa shape index (κ3) is 3.40. The van der Waals surface area contributed by atoms with Gasteiger partial charge < -0.3 is 9.88 Å². The number of aryl methyl sites for hydroxylation is 2. The lowest BCUT2D eigenvalue weighted by molar-refractivity contribution is 0.0954. The summed E-state index contributed by atoms with van der Waals surface area (Å²) in [6.45, 7) is 1.62. The zero-order valence-electron chi connectivity index (χ0n) is 14.0. The van der Waals surface area contributed by atoms with Gasteiger partial charge in [0.2, 0.25) is 0 Å². The summed E-state index contributed by atoms with van der Waals surface area (Å²) >= 11 is 5.88. The number of carbonyl (C=O) groups excluding carboxylic acids is 1. The Hall–Kier alpha value is -2.33. The van der Waals surface area contributed by atoms with Gasteiger partial charge in [-0.25, -0.2) is 4.98 Å². The van der Waals surface area contributed by atoms with E-state index in [9.17, 15) is 4.79 Å². The smallest absolute Gasteiger partial charge is 0.251 e. The van der Waals surface area contributed by atoms with Gasteiger partial charge in [-0.1, -0.05) is 23.7 Å². The largest absolute Gasteiger partial charge is 0.352 e. The second kappa shape index (κ2) is 6.89. The first-order valence-electron chi connectivity index (χ1n) is 8.72. The highest BCUT2D eigenvalue weighted by molar-refractivity contribution is 6.30. The number of rotatable bonds is 4. The minimum absolute atomic E-state index is 0.0539. The van der Waals surface area contributed by atoms with Gasteiger partial charge in [0.05, 0.1) is 11.0 Å². The number of fused-ring (bicyclic) bond motifs is 3. The fourth-order valence-electron chi connectivity index (χ4n) is 3.39. The number of hydrogen-bond donors (Lipinski definition) is 1. The monoisotopic (exact) mass is 353 g/mol. The van der Waals surface area contributed by atoms with E-state index in [1.54, 1.807) is 0 Å². The molecule has 0 saturated heterocycles. The molecule has 3 aromatic rings.